The van der Waals surface area contributed by atoms with Crippen molar-refractivity contribution < 1.29 is 14.6 Å². The number of ether oxygens (including phenoxy) is 1. The number of benzene rings is 1. The van der Waals surface area contributed by atoms with Crippen LogP contribution in [0.1, 0.15) is 37.4 Å². The van der Waals surface area contributed by atoms with Crippen molar-refractivity contribution in [1.82, 2.24) is 14.6 Å². The molecule has 0 spiro atoms. The lowest BCUT2D eigenvalue weighted by atomic mass is 9.98. The van der Waals surface area contributed by atoms with E-state index in [-0.39, 0.29) is 23.6 Å². The predicted octanol–water partition coefficient (Wildman–Crippen LogP) is 0.875. The number of nitrogens with zero attached hydrogens (tertiary/aromatic N) is 3. The molecule has 1 amide bonds. The van der Waals surface area contributed by atoms with Gasteiger partial charge in [0.25, 0.3) is 5.56 Å². The van der Waals surface area contributed by atoms with Crippen LogP contribution in [0, 0.1) is 0 Å². The molecule has 0 unspecified atom stereocenters. The Balaban J connectivity index is 2.10. The highest BCUT2D eigenvalue weighted by Gasteiger charge is 2.35. The summed E-state index contributed by atoms with van der Waals surface area (Å²) in [5.41, 5.74) is -0.650. The molecular formula is C18H20N4O5. The number of carbonyl (C=O) groups is 1. The van der Waals surface area contributed by atoms with Gasteiger partial charge >= 0.3 is 5.69 Å². The molecule has 9 nitrogen and oxygen atoms in total. The molecule has 0 aliphatic carbocycles. The van der Waals surface area contributed by atoms with E-state index in [2.05, 4.69) is 10.1 Å². The second kappa shape index (κ2) is 7.10. The highest BCUT2D eigenvalue weighted by Crippen LogP contribution is 2.37. The predicted molar refractivity (Wildman–Crippen MR) is 98.0 cm³/mol. The Bertz CT molecular complexity index is 1040. The van der Waals surface area contributed by atoms with Crippen LogP contribution in [-0.4, -0.2) is 37.9 Å². The third-order valence-electron chi connectivity index (χ3n) is 4.39. The average molecular weight is 372 g/mol. The van der Waals surface area contributed by atoms with Gasteiger partial charge in [0.15, 0.2) is 0 Å². The first-order valence-electron chi connectivity index (χ1n) is 8.46. The SMILES string of the molecule is CCOc1ccccc1[C@H]1CC(c2c(O)n(C)c(=O)[nH]c2=O)=NN1C(C)=O. The number of aromatic nitrogens is 2. The van der Waals surface area contributed by atoms with E-state index in [9.17, 15) is 19.5 Å². The minimum Gasteiger partial charge on any atom is -0.494 e. The molecule has 1 aliphatic rings. The molecule has 3 rings (SSSR count). The molecule has 1 aromatic carbocycles. The second-order valence-corrected chi connectivity index (χ2v) is 6.12. The molecule has 1 aromatic heterocycles. The van der Waals surface area contributed by atoms with E-state index in [1.807, 2.05) is 25.1 Å². The van der Waals surface area contributed by atoms with E-state index in [0.717, 1.165) is 10.1 Å². The fourth-order valence-corrected chi connectivity index (χ4v) is 3.11. The normalized spacial score (nSPS) is 16.3. The smallest absolute Gasteiger partial charge is 0.330 e. The van der Waals surface area contributed by atoms with Crippen LogP contribution in [0.5, 0.6) is 11.6 Å². The highest BCUT2D eigenvalue weighted by atomic mass is 16.5. The Hall–Kier alpha value is -3.36. The summed E-state index contributed by atoms with van der Waals surface area (Å²) in [7, 11) is 1.33. The lowest BCUT2D eigenvalue weighted by Gasteiger charge is -2.22. The Morgan fingerprint density at radius 3 is 2.74 bits per heavy atom. The number of hydrogen-bond donors (Lipinski definition) is 2. The van der Waals surface area contributed by atoms with E-state index in [4.69, 9.17) is 4.74 Å². The molecule has 2 heterocycles. The zero-order valence-electron chi connectivity index (χ0n) is 15.2. The van der Waals surface area contributed by atoms with Crippen LogP contribution < -0.4 is 16.0 Å². The monoisotopic (exact) mass is 372 g/mol. The van der Waals surface area contributed by atoms with Crippen molar-refractivity contribution in [2.24, 2.45) is 12.1 Å². The zero-order chi connectivity index (χ0) is 19.7. The van der Waals surface area contributed by atoms with Crippen molar-refractivity contribution in [2.45, 2.75) is 26.3 Å². The molecule has 0 radical (unpaired) electrons. The maximum absolute atomic E-state index is 12.3. The summed E-state index contributed by atoms with van der Waals surface area (Å²) in [4.78, 5) is 38.2. The first-order valence-corrected chi connectivity index (χ1v) is 8.46. The van der Waals surface area contributed by atoms with Crippen LogP contribution in [0.3, 0.4) is 0 Å². The molecular weight excluding hydrogens is 352 g/mol. The van der Waals surface area contributed by atoms with Gasteiger partial charge in [-0.05, 0) is 13.0 Å². The molecule has 0 bridgehead atoms. The highest BCUT2D eigenvalue weighted by molar-refractivity contribution is 6.04. The van der Waals surface area contributed by atoms with Crippen LogP contribution in [0.4, 0.5) is 0 Å². The third kappa shape index (κ3) is 3.23. The van der Waals surface area contributed by atoms with Crippen molar-refractivity contribution in [3.05, 3.63) is 56.2 Å². The molecule has 0 fully saturated rings. The van der Waals surface area contributed by atoms with E-state index in [1.54, 1.807) is 6.07 Å². The number of carbonyl (C=O) groups excluding carboxylic acids is 1. The summed E-state index contributed by atoms with van der Waals surface area (Å²) in [6.07, 6.45) is 0.193. The number of rotatable bonds is 4. The van der Waals surface area contributed by atoms with Crippen LogP contribution in [-0.2, 0) is 11.8 Å². The number of amides is 1. The number of H-pyrrole nitrogens is 1. The Labute approximate surface area is 154 Å². The van der Waals surface area contributed by atoms with Crippen molar-refractivity contribution in [3.63, 3.8) is 0 Å². The Kier molecular flexibility index (Phi) is 4.85. The summed E-state index contributed by atoms with van der Waals surface area (Å²) < 4.78 is 6.56. The number of hydrogen-bond acceptors (Lipinski definition) is 6. The molecule has 2 aromatic rings. The van der Waals surface area contributed by atoms with Gasteiger partial charge in [-0.15, -0.1) is 0 Å². The number of aromatic amines is 1. The van der Waals surface area contributed by atoms with Crippen molar-refractivity contribution in [3.8, 4) is 11.6 Å². The van der Waals surface area contributed by atoms with Gasteiger partial charge < -0.3 is 9.84 Å². The van der Waals surface area contributed by atoms with E-state index < -0.39 is 23.2 Å². The quantitative estimate of drug-likeness (QED) is 0.826. The van der Waals surface area contributed by atoms with Gasteiger partial charge in [-0.25, -0.2) is 9.80 Å². The molecule has 9 heteroatoms. The third-order valence-corrected chi connectivity index (χ3v) is 4.39. The average Bonchev–Trinajstić information content (AvgIpc) is 3.05. The molecule has 0 saturated carbocycles. The first kappa shape index (κ1) is 18.4. The summed E-state index contributed by atoms with van der Waals surface area (Å²) >= 11 is 0. The van der Waals surface area contributed by atoms with E-state index in [0.29, 0.717) is 12.4 Å². The standard InChI is InChI=1S/C18H20N4O5/c1-4-27-14-8-6-5-7-11(14)13-9-12(20-22(13)10(2)23)15-16(24)19-18(26)21(3)17(15)25/h5-8,13,25H,4,9H2,1-3H3,(H,19,24,26)/t13-/m1/s1. The minimum atomic E-state index is -0.753. The number of aromatic hydroxyl groups is 1. The van der Waals surface area contributed by atoms with E-state index in [1.165, 1.54) is 19.0 Å². The summed E-state index contributed by atoms with van der Waals surface area (Å²) in [6.45, 7) is 3.69. The van der Waals surface area contributed by atoms with Crippen LogP contribution >= 0.6 is 0 Å². The maximum atomic E-state index is 12.3. The number of hydrazone groups is 1. The summed E-state index contributed by atoms with van der Waals surface area (Å²) in [6, 6.07) is 6.79. The second-order valence-electron chi connectivity index (χ2n) is 6.12. The van der Waals surface area contributed by atoms with Crippen LogP contribution in [0.2, 0.25) is 0 Å². The Morgan fingerprint density at radius 2 is 2.07 bits per heavy atom. The largest absolute Gasteiger partial charge is 0.494 e. The van der Waals surface area contributed by atoms with Crippen molar-refractivity contribution >= 4 is 11.6 Å². The first-order chi connectivity index (χ1) is 12.8. The van der Waals surface area contributed by atoms with Gasteiger partial charge in [-0.3, -0.25) is 19.1 Å². The van der Waals surface area contributed by atoms with Crippen molar-refractivity contribution in [2.75, 3.05) is 6.61 Å². The maximum Gasteiger partial charge on any atom is 0.330 e. The fraction of sp³-hybridized carbons (Fsp3) is 0.333. The van der Waals surface area contributed by atoms with Crippen LogP contribution in [0.15, 0.2) is 39.0 Å². The fourth-order valence-electron chi connectivity index (χ4n) is 3.11. The summed E-state index contributed by atoms with van der Waals surface area (Å²) in [5.74, 6) is -0.196. The molecule has 142 valence electrons. The van der Waals surface area contributed by atoms with Gasteiger partial charge in [0.2, 0.25) is 11.8 Å². The molecule has 1 atom stereocenters. The van der Waals surface area contributed by atoms with Gasteiger partial charge in [0, 0.05) is 26.0 Å². The lowest BCUT2D eigenvalue weighted by Crippen LogP contribution is -2.32. The zero-order valence-corrected chi connectivity index (χ0v) is 15.2. The lowest BCUT2D eigenvalue weighted by molar-refractivity contribution is -0.130. The minimum absolute atomic E-state index is 0.125. The van der Waals surface area contributed by atoms with Crippen LogP contribution in [0.25, 0.3) is 0 Å². The van der Waals surface area contributed by atoms with Gasteiger partial charge in [-0.1, -0.05) is 18.2 Å². The topological polar surface area (TPSA) is 117 Å². The summed E-state index contributed by atoms with van der Waals surface area (Å²) in [5, 5.41) is 15.8. The molecule has 2 N–H and O–H groups in total. The van der Waals surface area contributed by atoms with Gasteiger partial charge in [0.05, 0.1) is 18.4 Å². The van der Waals surface area contributed by atoms with Gasteiger partial charge in [-0.2, -0.15) is 5.10 Å². The molecule has 0 saturated heterocycles. The molecule has 1 aliphatic heterocycles. The molecule has 27 heavy (non-hydrogen) atoms. The van der Waals surface area contributed by atoms with Crippen molar-refractivity contribution in [1.29, 1.82) is 0 Å². The van der Waals surface area contributed by atoms with E-state index >= 15 is 0 Å². The number of nitrogens with one attached hydrogen (secondary N) is 1. The Morgan fingerprint density at radius 1 is 1.37 bits per heavy atom. The van der Waals surface area contributed by atoms with Gasteiger partial charge in [0.1, 0.15) is 11.3 Å². The number of para-hydroxylation sites is 1.